The molecule has 0 radical (unpaired) electrons. The Morgan fingerprint density at radius 2 is 2.06 bits per heavy atom. The van der Waals surface area contributed by atoms with Gasteiger partial charge < -0.3 is 14.6 Å². The zero-order valence-corrected chi connectivity index (χ0v) is 19.1. The predicted molar refractivity (Wildman–Crippen MR) is 129 cm³/mol. The van der Waals surface area contributed by atoms with E-state index in [-0.39, 0.29) is 12.5 Å². The second-order valence-corrected chi connectivity index (χ2v) is 8.62. The normalized spacial score (nSPS) is 13.4. The fraction of sp³-hybridized carbons (Fsp3) is 0.280. The third-order valence-electron chi connectivity index (χ3n) is 5.92. The highest BCUT2D eigenvalue weighted by atomic mass is 35.5. The van der Waals surface area contributed by atoms with Crippen molar-refractivity contribution in [2.75, 3.05) is 11.9 Å². The first kappa shape index (κ1) is 21.4. The van der Waals surface area contributed by atoms with Crippen molar-refractivity contribution in [2.45, 2.75) is 39.2 Å². The smallest absolute Gasteiger partial charge is 0.262 e. The molecule has 0 aliphatic carbocycles. The Bertz CT molecular complexity index is 1330. The Balaban J connectivity index is 1.33. The van der Waals surface area contributed by atoms with E-state index in [0.29, 0.717) is 16.3 Å². The molecular formula is C25H24ClN5O2. The summed E-state index contributed by atoms with van der Waals surface area (Å²) in [5.74, 6) is 2.14. The van der Waals surface area contributed by atoms with Gasteiger partial charge in [-0.05, 0) is 55.7 Å². The van der Waals surface area contributed by atoms with Gasteiger partial charge in [0, 0.05) is 35.8 Å². The third kappa shape index (κ3) is 4.41. The lowest BCUT2D eigenvalue weighted by atomic mass is 10.1. The van der Waals surface area contributed by atoms with E-state index in [4.69, 9.17) is 16.3 Å². The zero-order chi connectivity index (χ0) is 22.8. The maximum absolute atomic E-state index is 12.7. The van der Waals surface area contributed by atoms with Crippen LogP contribution >= 0.6 is 11.6 Å². The Morgan fingerprint density at radius 3 is 2.97 bits per heavy atom. The van der Waals surface area contributed by atoms with Crippen molar-refractivity contribution in [3.05, 3.63) is 65.1 Å². The monoisotopic (exact) mass is 461 g/mol. The molecule has 2 aromatic carbocycles. The van der Waals surface area contributed by atoms with Gasteiger partial charge in [0.2, 0.25) is 0 Å². The number of nitrogens with zero attached hydrogens (tertiary/aromatic N) is 4. The fourth-order valence-corrected chi connectivity index (χ4v) is 4.37. The maximum Gasteiger partial charge on any atom is 0.262 e. The highest BCUT2D eigenvalue weighted by molar-refractivity contribution is 6.35. The minimum atomic E-state index is -0.255. The van der Waals surface area contributed by atoms with Crippen LogP contribution in [0.2, 0.25) is 5.02 Å². The Hall–Kier alpha value is -3.45. The molecule has 1 N–H and O–H groups in total. The van der Waals surface area contributed by atoms with Gasteiger partial charge in [0.15, 0.2) is 12.4 Å². The summed E-state index contributed by atoms with van der Waals surface area (Å²) in [4.78, 5) is 17.0. The number of aromatic nitrogens is 4. The molecule has 0 unspecified atom stereocenters. The van der Waals surface area contributed by atoms with Crippen molar-refractivity contribution in [3.63, 3.8) is 0 Å². The van der Waals surface area contributed by atoms with Crippen molar-refractivity contribution in [1.29, 1.82) is 0 Å². The van der Waals surface area contributed by atoms with Gasteiger partial charge in [-0.2, -0.15) is 0 Å². The second kappa shape index (κ2) is 9.19. The van der Waals surface area contributed by atoms with E-state index in [1.807, 2.05) is 37.3 Å². The van der Waals surface area contributed by atoms with Crippen molar-refractivity contribution >= 4 is 34.1 Å². The first-order valence-electron chi connectivity index (χ1n) is 11.1. The van der Waals surface area contributed by atoms with Crippen LogP contribution in [0.5, 0.6) is 5.75 Å². The summed E-state index contributed by atoms with van der Waals surface area (Å²) < 4.78 is 7.98. The molecule has 0 spiro atoms. The number of anilines is 1. The van der Waals surface area contributed by atoms with Gasteiger partial charge in [0.05, 0.1) is 5.02 Å². The standard InChI is InChI=1S/C25H24ClN5O2/c1-16-8-9-17(25-30-29-22-7-3-2-4-13-31(22)25)14-20(16)28-23(32)15-33-21-11-10-19(26)18-6-5-12-27-24(18)21/h5-6,8-12,14H,2-4,7,13,15H2,1H3,(H,28,32). The van der Waals surface area contributed by atoms with E-state index in [0.717, 1.165) is 59.7 Å². The van der Waals surface area contributed by atoms with Gasteiger partial charge in [-0.3, -0.25) is 9.78 Å². The highest BCUT2D eigenvalue weighted by Gasteiger charge is 2.17. The van der Waals surface area contributed by atoms with E-state index in [1.165, 1.54) is 6.42 Å². The van der Waals surface area contributed by atoms with Gasteiger partial charge in [-0.1, -0.05) is 30.2 Å². The van der Waals surface area contributed by atoms with Gasteiger partial charge >= 0.3 is 0 Å². The lowest BCUT2D eigenvalue weighted by Gasteiger charge is -2.13. The largest absolute Gasteiger partial charge is 0.481 e. The number of hydrogen-bond donors (Lipinski definition) is 1. The summed E-state index contributed by atoms with van der Waals surface area (Å²) >= 11 is 6.24. The SMILES string of the molecule is Cc1ccc(-c2nnc3n2CCCCC3)cc1NC(=O)COc1ccc(Cl)c2cccnc12. The van der Waals surface area contributed by atoms with Crippen LogP contribution in [-0.4, -0.2) is 32.3 Å². The second-order valence-electron chi connectivity index (χ2n) is 8.21. The van der Waals surface area contributed by atoms with Gasteiger partial charge in [0.1, 0.15) is 17.1 Å². The van der Waals surface area contributed by atoms with E-state index in [9.17, 15) is 4.79 Å². The van der Waals surface area contributed by atoms with Gasteiger partial charge in [-0.15, -0.1) is 10.2 Å². The summed E-state index contributed by atoms with van der Waals surface area (Å²) in [7, 11) is 0. The number of halogens is 1. The van der Waals surface area contributed by atoms with E-state index < -0.39 is 0 Å². The molecule has 7 nitrogen and oxygen atoms in total. The molecule has 3 heterocycles. The number of rotatable bonds is 5. The minimum absolute atomic E-state index is 0.142. The zero-order valence-electron chi connectivity index (χ0n) is 18.3. The van der Waals surface area contributed by atoms with Crippen LogP contribution in [0.15, 0.2) is 48.7 Å². The van der Waals surface area contributed by atoms with Gasteiger partial charge in [0.25, 0.3) is 5.91 Å². The number of carbonyl (C=O) groups excluding carboxylic acids is 1. The highest BCUT2D eigenvalue weighted by Crippen LogP contribution is 2.30. The van der Waals surface area contributed by atoms with E-state index in [2.05, 4.69) is 25.1 Å². The van der Waals surface area contributed by atoms with E-state index in [1.54, 1.807) is 18.3 Å². The number of hydrogen-bond acceptors (Lipinski definition) is 5. The quantitative estimate of drug-likeness (QED) is 0.441. The van der Waals surface area contributed by atoms with Crippen LogP contribution in [0.25, 0.3) is 22.3 Å². The lowest BCUT2D eigenvalue weighted by Crippen LogP contribution is -2.21. The molecule has 33 heavy (non-hydrogen) atoms. The third-order valence-corrected chi connectivity index (χ3v) is 6.25. The summed E-state index contributed by atoms with van der Waals surface area (Å²) in [5, 5.41) is 13.2. The van der Waals surface area contributed by atoms with Crippen molar-refractivity contribution in [2.24, 2.45) is 0 Å². The number of pyridine rings is 1. The summed E-state index contributed by atoms with van der Waals surface area (Å²) in [5.41, 5.74) is 3.25. The van der Waals surface area contributed by atoms with Crippen LogP contribution in [-0.2, 0) is 17.8 Å². The Kier molecular flexibility index (Phi) is 5.96. The Labute approximate surface area is 196 Å². The number of carbonyl (C=O) groups is 1. The molecule has 2 aromatic heterocycles. The van der Waals surface area contributed by atoms with Crippen LogP contribution in [0.1, 0.15) is 30.7 Å². The molecular weight excluding hydrogens is 438 g/mol. The lowest BCUT2D eigenvalue weighted by molar-refractivity contribution is -0.118. The molecule has 168 valence electrons. The molecule has 1 aliphatic heterocycles. The molecule has 4 aromatic rings. The number of aryl methyl sites for hydroxylation is 2. The van der Waals surface area contributed by atoms with Crippen LogP contribution < -0.4 is 10.1 Å². The molecule has 1 amide bonds. The topological polar surface area (TPSA) is 81.9 Å². The first-order valence-corrected chi connectivity index (χ1v) is 11.5. The number of ether oxygens (including phenoxy) is 1. The Morgan fingerprint density at radius 1 is 1.15 bits per heavy atom. The molecule has 0 fully saturated rings. The van der Waals surface area contributed by atoms with Crippen LogP contribution in [0.3, 0.4) is 0 Å². The first-order chi connectivity index (χ1) is 16.1. The average molecular weight is 462 g/mol. The minimum Gasteiger partial charge on any atom is -0.481 e. The molecule has 1 aliphatic rings. The summed E-state index contributed by atoms with van der Waals surface area (Å²) in [6.07, 6.45) is 6.10. The average Bonchev–Trinajstić information content (AvgIpc) is 3.08. The van der Waals surface area contributed by atoms with E-state index >= 15 is 0 Å². The summed E-state index contributed by atoms with van der Waals surface area (Å²) in [6, 6.07) is 13.1. The number of nitrogens with one attached hydrogen (secondary N) is 1. The maximum atomic E-state index is 12.7. The van der Waals surface area contributed by atoms with Gasteiger partial charge in [-0.25, -0.2) is 0 Å². The molecule has 5 rings (SSSR count). The molecule has 8 heteroatoms. The predicted octanol–water partition coefficient (Wildman–Crippen LogP) is 5.20. The number of fused-ring (bicyclic) bond motifs is 2. The van der Waals surface area contributed by atoms with Crippen LogP contribution in [0, 0.1) is 6.92 Å². The fourth-order valence-electron chi connectivity index (χ4n) is 4.15. The molecule has 0 atom stereocenters. The van der Waals surface area contributed by atoms with Crippen molar-refractivity contribution < 1.29 is 9.53 Å². The summed E-state index contributed by atoms with van der Waals surface area (Å²) in [6.45, 7) is 2.74. The molecule has 0 saturated carbocycles. The molecule has 0 bridgehead atoms. The number of benzene rings is 2. The van der Waals surface area contributed by atoms with Crippen LogP contribution in [0.4, 0.5) is 5.69 Å². The molecule has 0 saturated heterocycles. The number of amides is 1. The van der Waals surface area contributed by atoms with Crippen molar-refractivity contribution in [1.82, 2.24) is 19.7 Å². The van der Waals surface area contributed by atoms with Crippen molar-refractivity contribution in [3.8, 4) is 17.1 Å².